The van der Waals surface area contributed by atoms with Gasteiger partial charge in [-0.3, -0.25) is 9.69 Å². The maximum Gasteiger partial charge on any atom is 0.234 e. The minimum absolute atomic E-state index is 0. The summed E-state index contributed by atoms with van der Waals surface area (Å²) in [5.74, 6) is 2.27. The minimum Gasteiger partial charge on any atom is -0.352 e. The number of likely N-dealkylation sites (tertiary alicyclic amines) is 1. The van der Waals surface area contributed by atoms with Crippen molar-refractivity contribution in [3.8, 4) is 0 Å². The van der Waals surface area contributed by atoms with Crippen molar-refractivity contribution in [1.29, 1.82) is 0 Å². The molecule has 1 saturated heterocycles. The predicted molar refractivity (Wildman–Crippen MR) is 94.4 cm³/mol. The number of nitrogens with one attached hydrogen (secondary N) is 2. The summed E-state index contributed by atoms with van der Waals surface area (Å²) < 4.78 is 0. The highest BCUT2D eigenvalue weighted by atomic mass is 35.5. The molecule has 0 spiro atoms. The molecule has 5 heteroatoms. The predicted octanol–water partition coefficient (Wildman–Crippen LogP) is 2.28. The van der Waals surface area contributed by atoms with Crippen LogP contribution in [0.2, 0.25) is 0 Å². The molecule has 1 aliphatic heterocycles. The highest BCUT2D eigenvalue weighted by Crippen LogP contribution is 2.29. The number of hydrogen-bond acceptors (Lipinski definition) is 3. The topological polar surface area (TPSA) is 44.4 Å². The summed E-state index contributed by atoms with van der Waals surface area (Å²) in [5, 5.41) is 6.56. The summed E-state index contributed by atoms with van der Waals surface area (Å²) >= 11 is 0. The third-order valence-corrected chi connectivity index (χ3v) is 5.52. The van der Waals surface area contributed by atoms with Crippen LogP contribution in [0, 0.1) is 17.8 Å². The van der Waals surface area contributed by atoms with Crippen LogP contribution in [-0.2, 0) is 4.79 Å². The molecular formula is C17H34ClN3O. The first-order valence-corrected chi connectivity index (χ1v) is 8.76. The zero-order chi connectivity index (χ0) is 15.2. The lowest BCUT2D eigenvalue weighted by atomic mass is 9.78. The molecule has 2 fully saturated rings. The standard InChI is InChI=1S/C17H33N3O.ClH/c1-13-6-4-8-16(14(13)2)19-17(21)12-20-9-5-7-15(11-20)10-18-3;/h13-16,18H,4-12H2,1-3H3,(H,19,21);1H. The summed E-state index contributed by atoms with van der Waals surface area (Å²) in [4.78, 5) is 14.7. The summed E-state index contributed by atoms with van der Waals surface area (Å²) in [6, 6.07) is 0.388. The lowest BCUT2D eigenvalue weighted by Gasteiger charge is -2.36. The minimum atomic E-state index is 0. The van der Waals surface area contributed by atoms with Crippen molar-refractivity contribution in [3.63, 3.8) is 0 Å². The van der Waals surface area contributed by atoms with E-state index in [0.717, 1.165) is 32.0 Å². The molecule has 0 radical (unpaired) electrons. The molecule has 2 aliphatic rings. The first-order valence-electron chi connectivity index (χ1n) is 8.76. The van der Waals surface area contributed by atoms with Gasteiger partial charge in [0, 0.05) is 12.6 Å². The Hall–Kier alpha value is -0.320. The monoisotopic (exact) mass is 331 g/mol. The van der Waals surface area contributed by atoms with Crippen LogP contribution < -0.4 is 10.6 Å². The fourth-order valence-corrected chi connectivity index (χ4v) is 3.99. The fourth-order valence-electron chi connectivity index (χ4n) is 3.99. The van der Waals surface area contributed by atoms with Gasteiger partial charge in [0.2, 0.25) is 5.91 Å². The van der Waals surface area contributed by atoms with E-state index in [0.29, 0.717) is 24.4 Å². The van der Waals surface area contributed by atoms with Crippen molar-refractivity contribution in [2.45, 2.75) is 52.0 Å². The van der Waals surface area contributed by atoms with Crippen LogP contribution in [0.15, 0.2) is 0 Å². The Morgan fingerprint density at radius 3 is 2.68 bits per heavy atom. The number of rotatable bonds is 5. The van der Waals surface area contributed by atoms with Crippen LogP contribution in [0.5, 0.6) is 0 Å². The van der Waals surface area contributed by atoms with Gasteiger partial charge in [0.05, 0.1) is 6.54 Å². The van der Waals surface area contributed by atoms with E-state index in [2.05, 4.69) is 29.4 Å². The average molecular weight is 332 g/mol. The van der Waals surface area contributed by atoms with E-state index in [-0.39, 0.29) is 18.3 Å². The molecule has 1 amide bonds. The molecule has 0 bridgehead atoms. The Kier molecular flexibility index (Phi) is 8.73. The Balaban J connectivity index is 0.00000242. The van der Waals surface area contributed by atoms with Crippen molar-refractivity contribution < 1.29 is 4.79 Å². The summed E-state index contributed by atoms with van der Waals surface area (Å²) in [5.41, 5.74) is 0. The third-order valence-electron chi connectivity index (χ3n) is 5.52. The number of piperidine rings is 1. The third kappa shape index (κ3) is 5.71. The SMILES string of the molecule is CNCC1CCCN(CC(=O)NC2CCCC(C)C2C)C1.Cl. The molecule has 2 rings (SSSR count). The molecule has 0 aromatic heterocycles. The van der Waals surface area contributed by atoms with Gasteiger partial charge in [-0.05, 0) is 57.2 Å². The molecule has 4 unspecified atom stereocenters. The van der Waals surface area contributed by atoms with Gasteiger partial charge in [-0.2, -0.15) is 0 Å². The lowest BCUT2D eigenvalue weighted by molar-refractivity contribution is -0.124. The molecule has 1 heterocycles. The van der Waals surface area contributed by atoms with Crippen LogP contribution in [0.4, 0.5) is 0 Å². The highest BCUT2D eigenvalue weighted by Gasteiger charge is 2.29. The van der Waals surface area contributed by atoms with Gasteiger partial charge in [0.1, 0.15) is 0 Å². The second-order valence-electron chi connectivity index (χ2n) is 7.24. The van der Waals surface area contributed by atoms with E-state index in [1.807, 2.05) is 7.05 Å². The molecule has 1 saturated carbocycles. The van der Waals surface area contributed by atoms with E-state index >= 15 is 0 Å². The molecule has 0 aromatic rings. The van der Waals surface area contributed by atoms with E-state index in [1.165, 1.54) is 25.7 Å². The summed E-state index contributed by atoms with van der Waals surface area (Å²) in [6.45, 7) is 8.39. The van der Waals surface area contributed by atoms with Gasteiger partial charge in [-0.15, -0.1) is 12.4 Å². The van der Waals surface area contributed by atoms with Crippen molar-refractivity contribution in [2.24, 2.45) is 17.8 Å². The second-order valence-corrected chi connectivity index (χ2v) is 7.24. The molecule has 4 nitrogen and oxygen atoms in total. The summed E-state index contributed by atoms with van der Waals surface area (Å²) in [6.07, 6.45) is 6.22. The first-order chi connectivity index (χ1) is 10.1. The molecule has 1 aliphatic carbocycles. The maximum atomic E-state index is 12.3. The van der Waals surface area contributed by atoms with Gasteiger partial charge in [0.25, 0.3) is 0 Å². The van der Waals surface area contributed by atoms with Gasteiger partial charge < -0.3 is 10.6 Å². The smallest absolute Gasteiger partial charge is 0.234 e. The average Bonchev–Trinajstić information content (AvgIpc) is 2.44. The van der Waals surface area contributed by atoms with Crippen LogP contribution >= 0.6 is 12.4 Å². The van der Waals surface area contributed by atoms with E-state index in [4.69, 9.17) is 0 Å². The van der Waals surface area contributed by atoms with Gasteiger partial charge in [-0.1, -0.05) is 26.7 Å². The Morgan fingerprint density at radius 2 is 1.95 bits per heavy atom. The maximum absolute atomic E-state index is 12.3. The first kappa shape index (κ1) is 19.7. The van der Waals surface area contributed by atoms with Crippen molar-refractivity contribution >= 4 is 18.3 Å². The number of hydrogen-bond donors (Lipinski definition) is 2. The van der Waals surface area contributed by atoms with Crippen molar-refractivity contribution in [1.82, 2.24) is 15.5 Å². The van der Waals surface area contributed by atoms with Crippen molar-refractivity contribution in [3.05, 3.63) is 0 Å². The van der Waals surface area contributed by atoms with E-state index in [9.17, 15) is 4.79 Å². The number of carbonyl (C=O) groups excluding carboxylic acids is 1. The number of amides is 1. The lowest BCUT2D eigenvalue weighted by Crippen LogP contribution is -2.49. The molecule has 2 N–H and O–H groups in total. The largest absolute Gasteiger partial charge is 0.352 e. The van der Waals surface area contributed by atoms with Crippen LogP contribution in [-0.4, -0.2) is 50.1 Å². The zero-order valence-electron chi connectivity index (χ0n) is 14.4. The molecule has 0 aromatic carbocycles. The van der Waals surface area contributed by atoms with Gasteiger partial charge >= 0.3 is 0 Å². The van der Waals surface area contributed by atoms with Crippen LogP contribution in [0.1, 0.15) is 46.0 Å². The Bertz CT molecular complexity index is 338. The molecule has 130 valence electrons. The van der Waals surface area contributed by atoms with Crippen molar-refractivity contribution in [2.75, 3.05) is 33.2 Å². The van der Waals surface area contributed by atoms with E-state index < -0.39 is 0 Å². The Morgan fingerprint density at radius 1 is 1.18 bits per heavy atom. The fraction of sp³-hybridized carbons (Fsp3) is 0.941. The van der Waals surface area contributed by atoms with Gasteiger partial charge in [0.15, 0.2) is 0 Å². The molecule has 4 atom stereocenters. The summed E-state index contributed by atoms with van der Waals surface area (Å²) in [7, 11) is 2.01. The second kappa shape index (κ2) is 9.74. The molecule has 22 heavy (non-hydrogen) atoms. The Labute approximate surface area is 142 Å². The molecular weight excluding hydrogens is 298 g/mol. The highest BCUT2D eigenvalue weighted by molar-refractivity contribution is 5.85. The van der Waals surface area contributed by atoms with Crippen LogP contribution in [0.3, 0.4) is 0 Å². The number of carbonyl (C=O) groups is 1. The zero-order valence-corrected chi connectivity index (χ0v) is 15.3. The van der Waals surface area contributed by atoms with Gasteiger partial charge in [-0.25, -0.2) is 0 Å². The van der Waals surface area contributed by atoms with E-state index in [1.54, 1.807) is 0 Å². The number of halogens is 1. The van der Waals surface area contributed by atoms with Crippen LogP contribution in [0.25, 0.3) is 0 Å². The normalized spacial score (nSPS) is 33.0. The quantitative estimate of drug-likeness (QED) is 0.812. The number of nitrogens with zero attached hydrogens (tertiary/aromatic N) is 1.